The molecule has 0 amide bonds. The van der Waals surface area contributed by atoms with Gasteiger partial charge in [0, 0.05) is 29.5 Å². The van der Waals surface area contributed by atoms with Crippen molar-refractivity contribution in [2.45, 2.75) is 58.5 Å². The maximum Gasteiger partial charge on any atom is 0.417 e. The van der Waals surface area contributed by atoms with Gasteiger partial charge in [-0.3, -0.25) is 0 Å². The van der Waals surface area contributed by atoms with E-state index in [2.05, 4.69) is 13.2 Å². The molecule has 0 aliphatic heterocycles. The molecule has 2 unspecified atom stereocenters. The average Bonchev–Trinajstić information content (AvgIpc) is 3.31. The van der Waals surface area contributed by atoms with Crippen LogP contribution >= 0.6 is 0 Å². The van der Waals surface area contributed by atoms with Crippen LogP contribution in [0.2, 0.25) is 0 Å². The third kappa shape index (κ3) is 7.18. The molecule has 0 saturated carbocycles. The second-order valence-corrected chi connectivity index (χ2v) is 11.1. The first kappa shape index (κ1) is 31.2. The fourth-order valence-electron chi connectivity index (χ4n) is 5.63. The third-order valence-electron chi connectivity index (χ3n) is 8.29. The molecule has 2 aliphatic rings. The summed E-state index contributed by atoms with van der Waals surface area (Å²) in [5, 5.41) is 0. The van der Waals surface area contributed by atoms with Crippen molar-refractivity contribution in [1.82, 2.24) is 0 Å². The smallest absolute Gasteiger partial charge is 0.206 e. The summed E-state index contributed by atoms with van der Waals surface area (Å²) in [6, 6.07) is 6.98. The van der Waals surface area contributed by atoms with E-state index in [1.54, 1.807) is 48.6 Å². The topological polar surface area (TPSA) is 0 Å². The molecule has 2 aromatic rings. The number of allylic oxidation sites excluding steroid dienone is 11. The molecule has 0 spiro atoms. The highest BCUT2D eigenvalue weighted by Gasteiger charge is 2.41. The quantitative estimate of drug-likeness (QED) is 0.261. The fraction of sp³-hybridized carbons (Fsp3) is 0.297. The Morgan fingerprint density at radius 2 is 1.62 bits per heavy atom. The van der Waals surface area contributed by atoms with Crippen molar-refractivity contribution in [1.29, 1.82) is 0 Å². The molecule has 220 valence electrons. The molecule has 4 rings (SSSR count). The van der Waals surface area contributed by atoms with Crippen LogP contribution in [0.15, 0.2) is 103 Å². The summed E-state index contributed by atoms with van der Waals surface area (Å²) in [7, 11) is 0. The molecule has 5 heteroatoms. The van der Waals surface area contributed by atoms with Crippen LogP contribution in [0.3, 0.4) is 0 Å². The van der Waals surface area contributed by atoms with Crippen LogP contribution in [-0.2, 0) is 25.4 Å². The van der Waals surface area contributed by atoms with E-state index >= 15 is 8.78 Å². The monoisotopic (exact) mass is 576 g/mol. The molecule has 2 aliphatic carbocycles. The Bertz CT molecular complexity index is 1480. The van der Waals surface area contributed by atoms with Crippen LogP contribution < -0.4 is 0 Å². The van der Waals surface area contributed by atoms with Crippen molar-refractivity contribution >= 4 is 6.08 Å². The lowest BCUT2D eigenvalue weighted by Gasteiger charge is -2.26. The van der Waals surface area contributed by atoms with Gasteiger partial charge in [0.1, 0.15) is 11.6 Å². The van der Waals surface area contributed by atoms with E-state index in [0.29, 0.717) is 24.0 Å². The van der Waals surface area contributed by atoms with Crippen molar-refractivity contribution in [3.8, 4) is 0 Å². The van der Waals surface area contributed by atoms with E-state index in [1.807, 2.05) is 44.2 Å². The second-order valence-electron chi connectivity index (χ2n) is 11.1. The Kier molecular flexibility index (Phi) is 10.0. The van der Waals surface area contributed by atoms with Gasteiger partial charge in [-0.2, -0.15) is 13.2 Å². The Labute approximate surface area is 246 Å². The van der Waals surface area contributed by atoms with Crippen LogP contribution in [0.5, 0.6) is 0 Å². The highest BCUT2D eigenvalue weighted by Crippen LogP contribution is 2.42. The minimum Gasteiger partial charge on any atom is -0.206 e. The summed E-state index contributed by atoms with van der Waals surface area (Å²) < 4.78 is 77.3. The van der Waals surface area contributed by atoms with Crippen LogP contribution in [0.4, 0.5) is 22.0 Å². The molecule has 0 N–H and O–H groups in total. The number of hydrogen-bond donors (Lipinski definition) is 0. The SMILES string of the molecule is C=CC1=CCC(C)C(Cc2c(F)c(Cc3ccc(C=C)cc3)c(F)c(CC3=CC=C(CC)CC=C3)c2C(F)(F)F)C=C1. The maximum atomic E-state index is 16.4. The van der Waals surface area contributed by atoms with E-state index < -0.39 is 34.5 Å². The van der Waals surface area contributed by atoms with E-state index in [0.717, 1.165) is 23.1 Å². The molecule has 0 radical (unpaired) electrons. The molecule has 0 saturated heterocycles. The predicted octanol–water partition coefficient (Wildman–Crippen LogP) is 10.8. The molecule has 0 aromatic heterocycles. The Morgan fingerprint density at radius 3 is 2.26 bits per heavy atom. The lowest BCUT2D eigenvalue weighted by molar-refractivity contribution is -0.139. The third-order valence-corrected chi connectivity index (χ3v) is 8.29. The van der Waals surface area contributed by atoms with Crippen molar-refractivity contribution in [2.24, 2.45) is 11.8 Å². The second kappa shape index (κ2) is 13.5. The van der Waals surface area contributed by atoms with Gasteiger partial charge in [0.05, 0.1) is 5.56 Å². The van der Waals surface area contributed by atoms with E-state index in [1.165, 1.54) is 0 Å². The van der Waals surface area contributed by atoms with Gasteiger partial charge in [-0.15, -0.1) is 0 Å². The first-order chi connectivity index (χ1) is 20.0. The number of benzene rings is 2. The van der Waals surface area contributed by atoms with Crippen LogP contribution in [0.1, 0.15) is 66.5 Å². The summed E-state index contributed by atoms with van der Waals surface area (Å²) in [5.41, 5.74) is 1.48. The van der Waals surface area contributed by atoms with Gasteiger partial charge in [0.15, 0.2) is 0 Å². The van der Waals surface area contributed by atoms with Crippen LogP contribution in [0, 0.1) is 23.5 Å². The zero-order valence-electron chi connectivity index (χ0n) is 24.2. The molecule has 0 fully saturated rings. The molecule has 42 heavy (non-hydrogen) atoms. The van der Waals surface area contributed by atoms with Gasteiger partial charge in [-0.25, -0.2) is 8.78 Å². The van der Waals surface area contributed by atoms with Gasteiger partial charge in [0.2, 0.25) is 0 Å². The van der Waals surface area contributed by atoms with E-state index in [4.69, 9.17) is 0 Å². The summed E-state index contributed by atoms with van der Waals surface area (Å²) in [6.07, 6.45) is 12.7. The summed E-state index contributed by atoms with van der Waals surface area (Å²) >= 11 is 0. The first-order valence-electron chi connectivity index (χ1n) is 14.4. The Balaban J connectivity index is 1.90. The number of halogens is 5. The largest absolute Gasteiger partial charge is 0.417 e. The van der Waals surface area contributed by atoms with Gasteiger partial charge in [0.25, 0.3) is 0 Å². The standard InChI is InChI=1S/C37H37F5/c1-5-25-9-8-10-28(16-13-25)21-31-34(37(40,41)42)32(23-30-20-19-26(6-2)12-11-24(30)4)36(39)33(35(31)38)22-29-17-14-27(7-3)15-18-29/h6-8,10,12-20,24,30H,2-3,5,9,11,21-23H2,1,4H3. The Morgan fingerprint density at radius 1 is 0.905 bits per heavy atom. The summed E-state index contributed by atoms with van der Waals surface area (Å²) in [5.74, 6) is -2.67. The highest BCUT2D eigenvalue weighted by molar-refractivity contribution is 5.51. The number of rotatable bonds is 9. The van der Waals surface area contributed by atoms with Gasteiger partial charge in [-0.05, 0) is 59.8 Å². The number of alkyl halides is 3. The molecular weight excluding hydrogens is 539 g/mol. The lowest BCUT2D eigenvalue weighted by Crippen LogP contribution is -2.22. The molecule has 2 atom stereocenters. The molecule has 0 nitrogen and oxygen atoms in total. The first-order valence-corrected chi connectivity index (χ1v) is 14.4. The highest BCUT2D eigenvalue weighted by atomic mass is 19.4. The van der Waals surface area contributed by atoms with Gasteiger partial charge in [-0.1, -0.05) is 112 Å². The van der Waals surface area contributed by atoms with Gasteiger partial charge < -0.3 is 0 Å². The Hall–Kier alpha value is -3.73. The van der Waals surface area contributed by atoms with Crippen molar-refractivity contribution < 1.29 is 22.0 Å². The summed E-state index contributed by atoms with van der Waals surface area (Å²) in [4.78, 5) is 0. The summed E-state index contributed by atoms with van der Waals surface area (Å²) in [6.45, 7) is 11.5. The average molecular weight is 577 g/mol. The van der Waals surface area contributed by atoms with Crippen molar-refractivity contribution in [2.75, 3.05) is 0 Å². The van der Waals surface area contributed by atoms with Crippen LogP contribution in [-0.4, -0.2) is 0 Å². The minimum absolute atomic E-state index is 0.0484. The molecular formula is C37H37F5. The lowest BCUT2D eigenvalue weighted by atomic mass is 9.81. The molecule has 0 heterocycles. The van der Waals surface area contributed by atoms with E-state index in [9.17, 15) is 13.2 Å². The van der Waals surface area contributed by atoms with E-state index in [-0.39, 0.29) is 36.7 Å². The molecule has 2 aromatic carbocycles. The van der Waals surface area contributed by atoms with Crippen LogP contribution in [0.25, 0.3) is 6.08 Å². The zero-order chi connectivity index (χ0) is 30.4. The fourth-order valence-corrected chi connectivity index (χ4v) is 5.63. The zero-order valence-corrected chi connectivity index (χ0v) is 24.2. The molecule has 0 bridgehead atoms. The van der Waals surface area contributed by atoms with Gasteiger partial charge >= 0.3 is 6.18 Å². The number of hydrogen-bond acceptors (Lipinski definition) is 0. The van der Waals surface area contributed by atoms with Crippen molar-refractivity contribution in [3.63, 3.8) is 0 Å². The maximum absolute atomic E-state index is 16.4. The minimum atomic E-state index is -4.95. The normalized spacial score (nSPS) is 19.0. The van der Waals surface area contributed by atoms with Crippen molar-refractivity contribution in [3.05, 3.63) is 148 Å². The predicted molar refractivity (Wildman–Crippen MR) is 163 cm³/mol.